The number of piperazine rings is 1. The molecule has 2 nitrogen and oxygen atoms in total. The summed E-state index contributed by atoms with van der Waals surface area (Å²) in [7, 11) is 0. The van der Waals surface area contributed by atoms with Gasteiger partial charge in [0.15, 0.2) is 0 Å². The Bertz CT molecular complexity index is 253. The highest BCUT2D eigenvalue weighted by atomic mass is 15.2. The zero-order valence-corrected chi connectivity index (χ0v) is 10.8. The number of hydrogen-bond acceptors (Lipinski definition) is 2. The lowest BCUT2D eigenvalue weighted by atomic mass is 9.88. The number of nitrogens with one attached hydrogen (secondary N) is 1. The minimum absolute atomic E-state index is 0.690. The number of rotatable bonds is 2. The molecule has 0 spiro atoms. The van der Waals surface area contributed by atoms with E-state index in [9.17, 15) is 0 Å². The van der Waals surface area contributed by atoms with Gasteiger partial charge in [-0.3, -0.25) is 4.90 Å². The summed E-state index contributed by atoms with van der Waals surface area (Å²) < 4.78 is 0. The van der Waals surface area contributed by atoms with Crippen molar-refractivity contribution in [3.63, 3.8) is 0 Å². The fraction of sp³-hybridized carbons (Fsp3) is 1.00. The highest BCUT2D eigenvalue weighted by molar-refractivity contribution is 4.93. The quantitative estimate of drug-likeness (QED) is 0.770. The first-order valence-corrected chi connectivity index (χ1v) is 7.20. The molecule has 1 heterocycles. The average Bonchev–Trinajstić information content (AvgIpc) is 2.85. The molecule has 2 bridgehead atoms. The molecule has 16 heavy (non-hydrogen) atoms. The predicted octanol–water partition coefficient (Wildman–Crippen LogP) is 2.10. The van der Waals surface area contributed by atoms with Gasteiger partial charge in [-0.05, 0) is 50.9 Å². The molecule has 0 amide bonds. The van der Waals surface area contributed by atoms with Crippen molar-refractivity contribution in [2.45, 2.75) is 51.6 Å². The summed E-state index contributed by atoms with van der Waals surface area (Å²) in [6.45, 7) is 8.52. The van der Waals surface area contributed by atoms with Crippen LogP contribution >= 0.6 is 0 Å². The molecule has 3 fully saturated rings. The lowest BCUT2D eigenvalue weighted by Crippen LogP contribution is -2.55. The number of hydrogen-bond donors (Lipinski definition) is 1. The molecule has 1 N–H and O–H groups in total. The molecule has 2 heteroatoms. The van der Waals surface area contributed by atoms with Gasteiger partial charge in [0.1, 0.15) is 0 Å². The Kier molecular flexibility index (Phi) is 2.97. The van der Waals surface area contributed by atoms with E-state index in [4.69, 9.17) is 0 Å². The van der Waals surface area contributed by atoms with Gasteiger partial charge in [-0.1, -0.05) is 6.42 Å². The molecule has 5 atom stereocenters. The molecule has 1 aliphatic heterocycles. The molecule has 2 aliphatic carbocycles. The van der Waals surface area contributed by atoms with Crippen LogP contribution in [0.4, 0.5) is 0 Å². The van der Waals surface area contributed by atoms with E-state index in [1.54, 1.807) is 6.42 Å². The summed E-state index contributed by atoms with van der Waals surface area (Å²) in [6.07, 6.45) is 6.16. The summed E-state index contributed by atoms with van der Waals surface area (Å²) in [5.74, 6) is 3.22. The summed E-state index contributed by atoms with van der Waals surface area (Å²) in [5.41, 5.74) is 0. The Morgan fingerprint density at radius 3 is 2.75 bits per heavy atom. The molecule has 0 aromatic heterocycles. The maximum absolute atomic E-state index is 3.58. The molecule has 3 rings (SSSR count). The van der Waals surface area contributed by atoms with Gasteiger partial charge in [-0.15, -0.1) is 0 Å². The van der Waals surface area contributed by atoms with Gasteiger partial charge in [0.25, 0.3) is 0 Å². The highest BCUT2D eigenvalue weighted by Crippen LogP contribution is 2.48. The Hall–Kier alpha value is -0.0800. The number of fused-ring (bicyclic) bond motifs is 2. The van der Waals surface area contributed by atoms with Crippen LogP contribution in [-0.2, 0) is 0 Å². The van der Waals surface area contributed by atoms with Gasteiger partial charge in [0.05, 0.1) is 0 Å². The normalized spacial score (nSPS) is 48.8. The van der Waals surface area contributed by atoms with E-state index in [1.165, 1.54) is 38.9 Å². The zero-order chi connectivity index (χ0) is 11.1. The second-order valence-corrected chi connectivity index (χ2v) is 6.55. The fourth-order valence-electron chi connectivity index (χ4n) is 4.25. The van der Waals surface area contributed by atoms with E-state index in [0.29, 0.717) is 6.04 Å². The Balaban J connectivity index is 1.57. The lowest BCUT2D eigenvalue weighted by Gasteiger charge is -2.40. The monoisotopic (exact) mass is 222 g/mol. The second-order valence-electron chi connectivity index (χ2n) is 6.55. The Labute approximate surface area is 99.8 Å². The molecule has 1 saturated heterocycles. The van der Waals surface area contributed by atoms with Gasteiger partial charge in [0, 0.05) is 31.7 Å². The van der Waals surface area contributed by atoms with Gasteiger partial charge >= 0.3 is 0 Å². The lowest BCUT2D eigenvalue weighted by molar-refractivity contribution is 0.108. The van der Waals surface area contributed by atoms with E-state index in [0.717, 1.165) is 23.8 Å². The van der Waals surface area contributed by atoms with Gasteiger partial charge < -0.3 is 5.32 Å². The van der Waals surface area contributed by atoms with E-state index in [2.05, 4.69) is 24.1 Å². The topological polar surface area (TPSA) is 15.3 Å². The van der Waals surface area contributed by atoms with Crippen LogP contribution in [0, 0.1) is 17.8 Å². The molecule has 0 aromatic rings. The van der Waals surface area contributed by atoms with Crippen molar-refractivity contribution in [3.8, 4) is 0 Å². The van der Waals surface area contributed by atoms with Crippen LogP contribution in [0.3, 0.4) is 0 Å². The summed E-state index contributed by atoms with van der Waals surface area (Å²) >= 11 is 0. The summed E-state index contributed by atoms with van der Waals surface area (Å²) in [6, 6.07) is 1.44. The van der Waals surface area contributed by atoms with Crippen molar-refractivity contribution < 1.29 is 0 Å². The van der Waals surface area contributed by atoms with Crippen molar-refractivity contribution in [1.82, 2.24) is 10.2 Å². The Morgan fingerprint density at radius 2 is 2.06 bits per heavy atom. The van der Waals surface area contributed by atoms with Crippen LogP contribution in [0.1, 0.15) is 39.5 Å². The predicted molar refractivity (Wildman–Crippen MR) is 67.4 cm³/mol. The largest absolute Gasteiger partial charge is 0.311 e. The molecule has 0 aromatic carbocycles. The third-order valence-electron chi connectivity index (χ3n) is 5.25. The zero-order valence-electron chi connectivity index (χ0n) is 10.8. The number of nitrogens with zero attached hydrogens (tertiary/aromatic N) is 1. The first-order valence-electron chi connectivity index (χ1n) is 7.20. The first-order chi connectivity index (χ1) is 7.72. The SMILES string of the molecule is CC1CN(CC2CC3CCC2C3)C(C)CN1. The third-order valence-corrected chi connectivity index (χ3v) is 5.25. The minimum Gasteiger partial charge on any atom is -0.311 e. The average molecular weight is 222 g/mol. The molecular weight excluding hydrogens is 196 g/mol. The fourth-order valence-corrected chi connectivity index (χ4v) is 4.25. The van der Waals surface area contributed by atoms with E-state index >= 15 is 0 Å². The van der Waals surface area contributed by atoms with Crippen molar-refractivity contribution in [2.75, 3.05) is 19.6 Å². The van der Waals surface area contributed by atoms with Crippen LogP contribution in [0.25, 0.3) is 0 Å². The van der Waals surface area contributed by atoms with Crippen LogP contribution in [0.2, 0.25) is 0 Å². The van der Waals surface area contributed by atoms with Gasteiger partial charge in [-0.25, -0.2) is 0 Å². The van der Waals surface area contributed by atoms with Crippen LogP contribution in [0.15, 0.2) is 0 Å². The first kappa shape index (κ1) is 11.0. The third kappa shape index (κ3) is 2.02. The van der Waals surface area contributed by atoms with E-state index in [-0.39, 0.29) is 0 Å². The molecular formula is C14H26N2. The highest BCUT2D eigenvalue weighted by Gasteiger charge is 2.40. The molecule has 3 aliphatic rings. The van der Waals surface area contributed by atoms with E-state index < -0.39 is 0 Å². The second kappa shape index (κ2) is 4.30. The van der Waals surface area contributed by atoms with Crippen molar-refractivity contribution in [1.29, 1.82) is 0 Å². The summed E-state index contributed by atoms with van der Waals surface area (Å²) in [4.78, 5) is 2.74. The molecule has 92 valence electrons. The van der Waals surface area contributed by atoms with Crippen molar-refractivity contribution in [2.24, 2.45) is 17.8 Å². The van der Waals surface area contributed by atoms with Crippen LogP contribution < -0.4 is 5.32 Å². The van der Waals surface area contributed by atoms with E-state index in [1.807, 2.05) is 0 Å². The molecule has 2 saturated carbocycles. The maximum atomic E-state index is 3.58. The summed E-state index contributed by atoms with van der Waals surface area (Å²) in [5, 5.41) is 3.58. The molecule has 5 unspecified atom stereocenters. The Morgan fingerprint density at radius 1 is 1.19 bits per heavy atom. The maximum Gasteiger partial charge on any atom is 0.0193 e. The molecule has 0 radical (unpaired) electrons. The van der Waals surface area contributed by atoms with Gasteiger partial charge in [-0.2, -0.15) is 0 Å². The van der Waals surface area contributed by atoms with Crippen molar-refractivity contribution >= 4 is 0 Å². The minimum atomic E-state index is 0.690. The van der Waals surface area contributed by atoms with Crippen molar-refractivity contribution in [3.05, 3.63) is 0 Å². The van der Waals surface area contributed by atoms with Crippen LogP contribution in [-0.4, -0.2) is 36.6 Å². The van der Waals surface area contributed by atoms with Crippen LogP contribution in [0.5, 0.6) is 0 Å². The standard InChI is InChI=1S/C14H26N2/c1-10-8-16(11(2)7-15-10)9-14-6-12-3-4-13(14)5-12/h10-15H,3-9H2,1-2H3. The van der Waals surface area contributed by atoms with Gasteiger partial charge in [0.2, 0.25) is 0 Å². The smallest absolute Gasteiger partial charge is 0.0193 e.